The van der Waals surface area contributed by atoms with Crippen molar-refractivity contribution in [1.82, 2.24) is 15.1 Å². The Bertz CT molecular complexity index is 737. The van der Waals surface area contributed by atoms with Crippen LogP contribution in [0.5, 0.6) is 5.75 Å². The van der Waals surface area contributed by atoms with Crippen LogP contribution in [0.15, 0.2) is 41.0 Å². The summed E-state index contributed by atoms with van der Waals surface area (Å²) in [7, 11) is 0. The van der Waals surface area contributed by atoms with Gasteiger partial charge in [0.1, 0.15) is 11.5 Å². The van der Waals surface area contributed by atoms with Crippen LogP contribution in [0, 0.1) is 0 Å². The maximum atomic E-state index is 12.1. The Morgan fingerprint density at radius 1 is 1.12 bits per heavy atom. The van der Waals surface area contributed by atoms with Gasteiger partial charge in [-0.25, -0.2) is 0 Å². The van der Waals surface area contributed by atoms with E-state index in [9.17, 15) is 4.79 Å². The topological polar surface area (TPSA) is 58.0 Å². The third-order valence-electron chi connectivity index (χ3n) is 5.03. The number of hydrogen-bond acceptors (Lipinski definition) is 5. The molecule has 0 saturated carbocycles. The van der Waals surface area contributed by atoms with E-state index in [0.29, 0.717) is 13.1 Å². The van der Waals surface area contributed by atoms with E-state index in [-0.39, 0.29) is 5.91 Å². The number of carbonyl (C=O) groups excluding carboxylic acids is 1. The van der Waals surface area contributed by atoms with Crippen LogP contribution in [-0.4, -0.2) is 55.0 Å². The summed E-state index contributed by atoms with van der Waals surface area (Å²) in [6.45, 7) is 6.48. The number of nitrogens with one attached hydrogen (secondary N) is 1. The molecule has 4 rings (SSSR count). The van der Waals surface area contributed by atoms with Gasteiger partial charge in [-0.05, 0) is 29.3 Å². The number of carbonyl (C=O) groups is 1. The van der Waals surface area contributed by atoms with Crippen LogP contribution in [-0.2, 0) is 24.3 Å². The van der Waals surface area contributed by atoms with Crippen molar-refractivity contribution in [2.24, 2.45) is 0 Å². The van der Waals surface area contributed by atoms with E-state index in [1.165, 1.54) is 11.1 Å². The number of rotatable bonds is 6. The molecule has 2 aliphatic rings. The molecule has 1 N–H and O–H groups in total. The first-order valence-corrected chi connectivity index (χ1v) is 9.25. The Morgan fingerprint density at radius 2 is 1.96 bits per heavy atom. The number of amides is 1. The molecule has 0 radical (unpaired) electrons. The number of piperazine rings is 1. The van der Waals surface area contributed by atoms with E-state index < -0.39 is 0 Å². The molecule has 6 heteroatoms. The van der Waals surface area contributed by atoms with Crippen LogP contribution in [0.25, 0.3) is 0 Å². The number of furan rings is 1. The molecular formula is C20H25N3O3. The summed E-state index contributed by atoms with van der Waals surface area (Å²) in [6.07, 6.45) is 2.64. The standard InChI is InChI=1S/C20H25N3O3/c24-20(21-13-18-2-1-10-25-18)15-23-8-6-22(7-9-23)14-16-3-4-19-17(12-16)5-11-26-19/h1-4,10,12H,5-9,11,13-15H2,(H,21,24). The molecule has 1 saturated heterocycles. The Hall–Kier alpha value is -2.31. The molecule has 0 atom stereocenters. The quantitative estimate of drug-likeness (QED) is 0.854. The number of ether oxygens (including phenoxy) is 1. The fraction of sp³-hybridized carbons (Fsp3) is 0.450. The minimum atomic E-state index is 0.0495. The van der Waals surface area contributed by atoms with Gasteiger partial charge in [-0.2, -0.15) is 0 Å². The van der Waals surface area contributed by atoms with Crippen LogP contribution in [0.3, 0.4) is 0 Å². The first-order valence-electron chi connectivity index (χ1n) is 9.25. The third-order valence-corrected chi connectivity index (χ3v) is 5.03. The monoisotopic (exact) mass is 355 g/mol. The highest BCUT2D eigenvalue weighted by Gasteiger charge is 2.20. The van der Waals surface area contributed by atoms with E-state index >= 15 is 0 Å². The fourth-order valence-electron chi connectivity index (χ4n) is 3.56. The summed E-state index contributed by atoms with van der Waals surface area (Å²) >= 11 is 0. The molecule has 2 aromatic rings. The maximum absolute atomic E-state index is 12.1. The van der Waals surface area contributed by atoms with Gasteiger partial charge >= 0.3 is 0 Å². The average Bonchev–Trinajstić information content (AvgIpc) is 3.33. The second-order valence-corrected chi connectivity index (χ2v) is 6.95. The zero-order valence-corrected chi connectivity index (χ0v) is 14.9. The van der Waals surface area contributed by atoms with Crippen LogP contribution in [0.4, 0.5) is 0 Å². The lowest BCUT2D eigenvalue weighted by Gasteiger charge is -2.34. The molecule has 2 aliphatic heterocycles. The van der Waals surface area contributed by atoms with Crippen molar-refractivity contribution >= 4 is 5.91 Å². The lowest BCUT2D eigenvalue weighted by atomic mass is 10.1. The predicted molar refractivity (Wildman–Crippen MR) is 97.9 cm³/mol. The Kier molecular flexibility index (Phi) is 5.22. The van der Waals surface area contributed by atoms with Gasteiger partial charge in [-0.3, -0.25) is 14.6 Å². The number of benzene rings is 1. The molecular weight excluding hydrogens is 330 g/mol. The number of nitrogens with zero attached hydrogens (tertiary/aromatic N) is 2. The molecule has 1 aromatic carbocycles. The Morgan fingerprint density at radius 3 is 2.77 bits per heavy atom. The largest absolute Gasteiger partial charge is 0.493 e. The van der Waals surface area contributed by atoms with Crippen molar-refractivity contribution in [2.45, 2.75) is 19.5 Å². The van der Waals surface area contributed by atoms with Gasteiger partial charge in [-0.1, -0.05) is 12.1 Å². The first-order chi connectivity index (χ1) is 12.8. The zero-order chi connectivity index (χ0) is 17.8. The molecule has 26 heavy (non-hydrogen) atoms. The van der Waals surface area contributed by atoms with Gasteiger partial charge < -0.3 is 14.5 Å². The van der Waals surface area contributed by atoms with Crippen molar-refractivity contribution in [1.29, 1.82) is 0 Å². The lowest BCUT2D eigenvalue weighted by Crippen LogP contribution is -2.49. The normalized spacial score (nSPS) is 17.7. The van der Waals surface area contributed by atoms with E-state index in [1.54, 1.807) is 6.26 Å². The smallest absolute Gasteiger partial charge is 0.234 e. The third kappa shape index (κ3) is 4.26. The number of hydrogen-bond donors (Lipinski definition) is 1. The van der Waals surface area contributed by atoms with Gasteiger partial charge in [-0.15, -0.1) is 0 Å². The average molecular weight is 355 g/mol. The molecule has 6 nitrogen and oxygen atoms in total. The molecule has 3 heterocycles. The minimum absolute atomic E-state index is 0.0495. The van der Waals surface area contributed by atoms with E-state index in [2.05, 4.69) is 33.3 Å². The number of fused-ring (bicyclic) bond motifs is 1. The molecule has 0 unspecified atom stereocenters. The van der Waals surface area contributed by atoms with Gasteiger partial charge in [0.25, 0.3) is 0 Å². The van der Waals surface area contributed by atoms with Crippen molar-refractivity contribution in [3.8, 4) is 5.75 Å². The highest BCUT2D eigenvalue weighted by atomic mass is 16.5. The van der Waals surface area contributed by atoms with E-state index in [1.807, 2.05) is 12.1 Å². The summed E-state index contributed by atoms with van der Waals surface area (Å²) in [5.41, 5.74) is 2.67. The Balaban J connectivity index is 1.19. The van der Waals surface area contributed by atoms with Gasteiger partial charge in [0.15, 0.2) is 0 Å². The van der Waals surface area contributed by atoms with Gasteiger partial charge in [0.05, 0.1) is 26.0 Å². The van der Waals surface area contributed by atoms with Gasteiger partial charge in [0, 0.05) is 39.1 Å². The molecule has 1 fully saturated rings. The van der Waals surface area contributed by atoms with E-state index in [0.717, 1.165) is 57.3 Å². The second-order valence-electron chi connectivity index (χ2n) is 6.95. The molecule has 138 valence electrons. The lowest BCUT2D eigenvalue weighted by molar-refractivity contribution is -0.122. The first kappa shape index (κ1) is 17.1. The molecule has 0 spiro atoms. The van der Waals surface area contributed by atoms with Crippen molar-refractivity contribution in [3.05, 3.63) is 53.5 Å². The van der Waals surface area contributed by atoms with Crippen molar-refractivity contribution < 1.29 is 13.9 Å². The summed E-state index contributed by atoms with van der Waals surface area (Å²) in [4.78, 5) is 16.7. The maximum Gasteiger partial charge on any atom is 0.234 e. The Labute approximate surface area is 153 Å². The zero-order valence-electron chi connectivity index (χ0n) is 14.9. The minimum Gasteiger partial charge on any atom is -0.493 e. The second kappa shape index (κ2) is 7.93. The van der Waals surface area contributed by atoms with Crippen molar-refractivity contribution in [3.63, 3.8) is 0 Å². The van der Waals surface area contributed by atoms with E-state index in [4.69, 9.17) is 9.15 Å². The summed E-state index contributed by atoms with van der Waals surface area (Å²) in [5, 5.41) is 2.91. The van der Waals surface area contributed by atoms with Crippen LogP contribution in [0.1, 0.15) is 16.9 Å². The molecule has 0 bridgehead atoms. The highest BCUT2D eigenvalue weighted by molar-refractivity contribution is 5.77. The molecule has 1 aromatic heterocycles. The van der Waals surface area contributed by atoms with Crippen LogP contribution >= 0.6 is 0 Å². The summed E-state index contributed by atoms with van der Waals surface area (Å²) < 4.78 is 10.8. The predicted octanol–water partition coefficient (Wildman–Crippen LogP) is 1.65. The van der Waals surface area contributed by atoms with Crippen LogP contribution in [0.2, 0.25) is 0 Å². The summed E-state index contributed by atoms with van der Waals surface area (Å²) in [5.74, 6) is 1.87. The molecule has 0 aliphatic carbocycles. The van der Waals surface area contributed by atoms with Crippen molar-refractivity contribution in [2.75, 3.05) is 39.3 Å². The SMILES string of the molecule is O=C(CN1CCN(Cc2ccc3c(c2)CCO3)CC1)NCc1ccco1. The summed E-state index contributed by atoms with van der Waals surface area (Å²) in [6, 6.07) is 10.2. The van der Waals surface area contributed by atoms with Crippen LogP contribution < -0.4 is 10.1 Å². The van der Waals surface area contributed by atoms with Gasteiger partial charge in [0.2, 0.25) is 5.91 Å². The fourth-order valence-corrected chi connectivity index (χ4v) is 3.56. The highest BCUT2D eigenvalue weighted by Crippen LogP contribution is 2.26. The molecule has 1 amide bonds.